The van der Waals surface area contributed by atoms with E-state index in [0.29, 0.717) is 24.2 Å². The highest BCUT2D eigenvalue weighted by Crippen LogP contribution is 2.37. The molecule has 2 N–H and O–H groups in total. The van der Waals surface area contributed by atoms with Gasteiger partial charge in [0.15, 0.2) is 11.6 Å². The van der Waals surface area contributed by atoms with E-state index in [1.165, 1.54) is 18.3 Å². The molecule has 0 saturated carbocycles. The van der Waals surface area contributed by atoms with Gasteiger partial charge in [0, 0.05) is 24.8 Å². The van der Waals surface area contributed by atoms with Crippen molar-refractivity contribution in [1.82, 2.24) is 15.3 Å². The lowest BCUT2D eigenvalue weighted by Gasteiger charge is -2.32. The van der Waals surface area contributed by atoms with E-state index in [0.717, 1.165) is 17.6 Å². The molecule has 0 bridgehead atoms. The first-order valence-corrected chi connectivity index (χ1v) is 15.6. The van der Waals surface area contributed by atoms with Crippen LogP contribution in [0.15, 0.2) is 48.7 Å². The van der Waals surface area contributed by atoms with E-state index < -0.39 is 53.0 Å². The first-order chi connectivity index (χ1) is 22.0. The molecule has 5 rings (SSSR count). The number of nitrogens with one attached hydrogen (secondary N) is 1. The minimum atomic E-state index is -0.839. The molecule has 3 heterocycles. The highest BCUT2D eigenvalue weighted by molar-refractivity contribution is 6.62. The Morgan fingerprint density at radius 2 is 1.74 bits per heavy atom. The highest BCUT2D eigenvalue weighted by Gasteiger charge is 2.52. The summed E-state index contributed by atoms with van der Waals surface area (Å²) in [5, 5.41) is 13.3. The number of nitrogens with zero attached hydrogens (tertiary/aromatic N) is 3. The van der Waals surface area contributed by atoms with Crippen LogP contribution in [0.1, 0.15) is 70.9 Å². The number of hydrogen-bond acceptors (Lipinski definition) is 9. The van der Waals surface area contributed by atoms with Crippen LogP contribution in [0.25, 0.3) is 11.4 Å². The van der Waals surface area contributed by atoms with Crippen LogP contribution in [0.2, 0.25) is 0 Å². The minimum absolute atomic E-state index is 0.0109. The molecule has 1 aromatic heterocycles. The Morgan fingerprint density at radius 3 is 2.36 bits per heavy atom. The standard InChI is InChI=1S/C34H41BF2N4O6/c1-32(2,3)45-31(44)39-22-17-23(19-42)41(18-22)27-16-21(35-46-33(4,5)34(6,7)47-35)12-11-20(27)15-28(43)26-13-14-38-30(40-26)29-24(36)9-8-10-25(29)37/h8-14,16,22-23,42H,15,17-19H2,1-7H3,(H,39,44)/t22-,23-/m0/s1. The molecule has 0 radical (unpaired) electrons. The van der Waals surface area contributed by atoms with Gasteiger partial charge in [-0.1, -0.05) is 18.2 Å². The van der Waals surface area contributed by atoms with Crippen molar-refractivity contribution in [2.24, 2.45) is 0 Å². The lowest BCUT2D eigenvalue weighted by molar-refractivity contribution is 0.00578. The van der Waals surface area contributed by atoms with E-state index in [2.05, 4.69) is 15.3 Å². The number of anilines is 1. The van der Waals surface area contributed by atoms with Gasteiger partial charge in [-0.25, -0.2) is 23.5 Å². The lowest BCUT2D eigenvalue weighted by Crippen LogP contribution is -2.41. The zero-order valence-electron chi connectivity index (χ0n) is 27.8. The number of amides is 1. The number of ketones is 1. The number of hydrogen-bond donors (Lipinski definition) is 2. The summed E-state index contributed by atoms with van der Waals surface area (Å²) in [5.74, 6) is -2.32. The smallest absolute Gasteiger partial charge is 0.444 e. The third-order valence-corrected chi connectivity index (χ3v) is 8.77. The molecular formula is C34H41BF2N4O6. The lowest BCUT2D eigenvalue weighted by atomic mass is 9.78. The van der Waals surface area contributed by atoms with Crippen molar-refractivity contribution in [3.05, 3.63) is 71.6 Å². The van der Waals surface area contributed by atoms with E-state index in [1.54, 1.807) is 26.8 Å². The summed E-state index contributed by atoms with van der Waals surface area (Å²) in [6.07, 6.45) is 1.05. The van der Waals surface area contributed by atoms with Crippen LogP contribution >= 0.6 is 0 Å². The summed E-state index contributed by atoms with van der Waals surface area (Å²) in [4.78, 5) is 36.4. The third-order valence-electron chi connectivity index (χ3n) is 8.77. The van der Waals surface area contributed by atoms with E-state index in [4.69, 9.17) is 14.0 Å². The summed E-state index contributed by atoms with van der Waals surface area (Å²) < 4.78 is 47.0. The summed E-state index contributed by atoms with van der Waals surface area (Å²) >= 11 is 0. The Kier molecular flexibility index (Phi) is 9.46. The fourth-order valence-corrected chi connectivity index (χ4v) is 5.70. The van der Waals surface area contributed by atoms with Crippen molar-refractivity contribution in [2.75, 3.05) is 18.1 Å². The number of halogens is 2. The normalized spacial score (nSPS) is 20.4. The van der Waals surface area contributed by atoms with Crippen molar-refractivity contribution in [1.29, 1.82) is 0 Å². The van der Waals surface area contributed by atoms with Crippen LogP contribution in [0, 0.1) is 11.6 Å². The molecule has 47 heavy (non-hydrogen) atoms. The minimum Gasteiger partial charge on any atom is -0.444 e. The maximum absolute atomic E-state index is 14.5. The number of aliphatic hydroxyl groups excluding tert-OH is 1. The number of aliphatic hydroxyl groups is 1. The zero-order valence-corrected chi connectivity index (χ0v) is 27.8. The van der Waals surface area contributed by atoms with Crippen LogP contribution in [0.4, 0.5) is 19.3 Å². The average molecular weight is 651 g/mol. The first kappa shape index (κ1) is 34.4. The van der Waals surface area contributed by atoms with Gasteiger partial charge in [-0.2, -0.15) is 0 Å². The van der Waals surface area contributed by atoms with Crippen molar-refractivity contribution < 1.29 is 37.5 Å². The van der Waals surface area contributed by atoms with Crippen molar-refractivity contribution >= 4 is 30.1 Å². The molecule has 0 aliphatic carbocycles. The largest absolute Gasteiger partial charge is 0.494 e. The Morgan fingerprint density at radius 1 is 1.09 bits per heavy atom. The second kappa shape index (κ2) is 12.9. The molecule has 2 atom stereocenters. The summed E-state index contributed by atoms with van der Waals surface area (Å²) in [6, 6.07) is 9.62. The van der Waals surface area contributed by atoms with Crippen molar-refractivity contribution in [2.45, 2.75) is 90.2 Å². The molecule has 0 spiro atoms. The van der Waals surface area contributed by atoms with Gasteiger partial charge in [0.25, 0.3) is 0 Å². The monoisotopic (exact) mass is 650 g/mol. The quantitative estimate of drug-likeness (QED) is 0.266. The third kappa shape index (κ3) is 7.47. The van der Waals surface area contributed by atoms with Crippen molar-refractivity contribution in [3.63, 3.8) is 0 Å². The van der Waals surface area contributed by atoms with Gasteiger partial charge in [-0.15, -0.1) is 0 Å². The molecule has 2 aliphatic rings. The number of benzene rings is 2. The maximum atomic E-state index is 14.5. The molecule has 0 unspecified atom stereocenters. The predicted molar refractivity (Wildman–Crippen MR) is 174 cm³/mol. The van der Waals surface area contributed by atoms with Gasteiger partial charge in [-0.05, 0) is 90.2 Å². The van der Waals surface area contributed by atoms with E-state index in [1.807, 2.05) is 44.7 Å². The fraction of sp³-hybridized carbons (Fsp3) is 0.471. The van der Waals surface area contributed by atoms with Gasteiger partial charge in [-0.3, -0.25) is 4.79 Å². The fourth-order valence-electron chi connectivity index (χ4n) is 5.70. The van der Waals surface area contributed by atoms with E-state index in [9.17, 15) is 23.5 Å². The first-order valence-electron chi connectivity index (χ1n) is 15.6. The number of ether oxygens (including phenoxy) is 1. The summed E-state index contributed by atoms with van der Waals surface area (Å²) in [7, 11) is -0.686. The molecule has 2 saturated heterocycles. The zero-order chi connectivity index (χ0) is 34.3. The van der Waals surface area contributed by atoms with E-state index in [-0.39, 0.29) is 36.6 Å². The van der Waals surface area contributed by atoms with Gasteiger partial charge >= 0.3 is 13.2 Å². The van der Waals surface area contributed by atoms with Crippen LogP contribution in [0.5, 0.6) is 0 Å². The molecule has 1 amide bonds. The second-order valence-electron chi connectivity index (χ2n) is 14.0. The number of carbonyl (C=O) groups excluding carboxylic acids is 2. The Bertz CT molecular complexity index is 1630. The molecular weight excluding hydrogens is 609 g/mol. The van der Waals surface area contributed by atoms with Crippen LogP contribution < -0.4 is 15.7 Å². The number of carbonyl (C=O) groups is 2. The molecule has 3 aromatic rings. The Hall–Kier alpha value is -3.94. The topological polar surface area (TPSA) is 123 Å². The SMILES string of the molecule is CC(C)(C)OC(=O)N[C@H]1C[C@@H](CO)N(c2cc(B3OC(C)(C)C(C)(C)O3)ccc2CC(=O)c2ccnc(-c3c(F)cccc3F)n2)C1. The maximum Gasteiger partial charge on any atom is 0.494 e. The molecule has 250 valence electrons. The van der Waals surface area contributed by atoms with Gasteiger partial charge in [0.05, 0.1) is 35.5 Å². The van der Waals surface area contributed by atoms with Crippen LogP contribution in [-0.4, -0.2) is 76.1 Å². The van der Waals surface area contributed by atoms with Gasteiger partial charge in [0.1, 0.15) is 22.9 Å². The molecule has 2 aliphatic heterocycles. The van der Waals surface area contributed by atoms with Crippen LogP contribution in [0.3, 0.4) is 0 Å². The predicted octanol–water partition coefficient (Wildman–Crippen LogP) is 4.61. The number of rotatable bonds is 8. The van der Waals surface area contributed by atoms with Gasteiger partial charge < -0.3 is 29.4 Å². The second-order valence-corrected chi connectivity index (χ2v) is 14.0. The molecule has 2 fully saturated rings. The van der Waals surface area contributed by atoms with E-state index >= 15 is 0 Å². The van der Waals surface area contributed by atoms with Crippen LogP contribution in [-0.2, 0) is 20.5 Å². The molecule has 2 aromatic carbocycles. The number of alkyl carbamates (subject to hydrolysis) is 1. The van der Waals surface area contributed by atoms with Crippen molar-refractivity contribution in [3.8, 4) is 11.4 Å². The van der Waals surface area contributed by atoms with Gasteiger partial charge in [0.2, 0.25) is 0 Å². The average Bonchev–Trinajstić information content (AvgIpc) is 3.47. The Labute approximate surface area is 274 Å². The number of aromatic nitrogens is 2. The summed E-state index contributed by atoms with van der Waals surface area (Å²) in [6.45, 7) is 13.3. The molecule has 10 nitrogen and oxygen atoms in total. The Balaban J connectivity index is 1.48. The molecule has 13 heteroatoms. The number of Topliss-reactive ketones (excluding diaryl/α,β-unsaturated/α-hetero) is 1. The summed E-state index contributed by atoms with van der Waals surface area (Å²) in [5.41, 5.74) is -0.297. The highest BCUT2D eigenvalue weighted by atomic mass is 19.1.